The SMILES string of the molecule is CN=CC=C(N)[C@@H]1CCCN1. The molecule has 0 aromatic heterocycles. The number of allylic oxidation sites excluding steroid dienone is 1. The molecule has 0 aliphatic carbocycles. The van der Waals surface area contributed by atoms with E-state index in [2.05, 4.69) is 10.3 Å². The van der Waals surface area contributed by atoms with Crippen molar-refractivity contribution < 1.29 is 0 Å². The summed E-state index contributed by atoms with van der Waals surface area (Å²) >= 11 is 0. The second-order valence-corrected chi connectivity index (χ2v) is 2.72. The Morgan fingerprint density at radius 3 is 3.09 bits per heavy atom. The Morgan fingerprint density at radius 2 is 2.55 bits per heavy atom. The predicted molar refractivity (Wildman–Crippen MR) is 47.7 cm³/mol. The van der Waals surface area contributed by atoms with Crippen LogP contribution in [-0.2, 0) is 0 Å². The lowest BCUT2D eigenvalue weighted by atomic mass is 10.1. The lowest BCUT2D eigenvalue weighted by Crippen LogP contribution is -2.27. The third-order valence-corrected chi connectivity index (χ3v) is 1.88. The summed E-state index contributed by atoms with van der Waals surface area (Å²) in [5.74, 6) is 0. The van der Waals surface area contributed by atoms with E-state index in [1.54, 1.807) is 13.3 Å². The molecule has 0 aromatic carbocycles. The standard InChI is InChI=1S/C8H15N3/c1-10-6-4-7(9)8-3-2-5-11-8/h4,6,8,11H,2-3,5,9H2,1H3/t8-/m0/s1. The highest BCUT2D eigenvalue weighted by Crippen LogP contribution is 2.09. The van der Waals surface area contributed by atoms with Crippen LogP contribution in [0.25, 0.3) is 0 Å². The average molecular weight is 153 g/mol. The number of rotatable bonds is 2. The van der Waals surface area contributed by atoms with E-state index in [-0.39, 0.29) is 0 Å². The maximum absolute atomic E-state index is 5.77. The van der Waals surface area contributed by atoms with Crippen LogP contribution in [0.1, 0.15) is 12.8 Å². The molecule has 0 radical (unpaired) electrons. The Kier molecular flexibility index (Phi) is 3.11. The van der Waals surface area contributed by atoms with Crippen LogP contribution >= 0.6 is 0 Å². The monoisotopic (exact) mass is 153 g/mol. The molecular weight excluding hydrogens is 138 g/mol. The molecule has 1 aliphatic rings. The van der Waals surface area contributed by atoms with Gasteiger partial charge in [0.2, 0.25) is 0 Å². The van der Waals surface area contributed by atoms with E-state index < -0.39 is 0 Å². The molecular formula is C8H15N3. The Balaban J connectivity index is 2.44. The molecule has 11 heavy (non-hydrogen) atoms. The van der Waals surface area contributed by atoms with Crippen molar-refractivity contribution in [2.24, 2.45) is 10.7 Å². The van der Waals surface area contributed by atoms with Crippen LogP contribution < -0.4 is 11.1 Å². The number of aliphatic imine (C=N–C) groups is 1. The molecule has 1 atom stereocenters. The van der Waals surface area contributed by atoms with Crippen LogP contribution in [-0.4, -0.2) is 25.8 Å². The molecule has 1 aliphatic heterocycles. The largest absolute Gasteiger partial charge is 0.401 e. The van der Waals surface area contributed by atoms with Crippen LogP contribution in [0.2, 0.25) is 0 Å². The minimum absolute atomic E-state index is 0.382. The van der Waals surface area contributed by atoms with E-state index in [0.29, 0.717) is 6.04 Å². The summed E-state index contributed by atoms with van der Waals surface area (Å²) in [6.07, 6.45) is 5.97. The van der Waals surface area contributed by atoms with Crippen LogP contribution in [0.15, 0.2) is 16.8 Å². The van der Waals surface area contributed by atoms with Crippen molar-refractivity contribution in [3.63, 3.8) is 0 Å². The Bertz CT molecular complexity index is 166. The molecule has 1 fully saturated rings. The zero-order valence-electron chi connectivity index (χ0n) is 6.88. The highest BCUT2D eigenvalue weighted by Gasteiger charge is 2.15. The highest BCUT2D eigenvalue weighted by atomic mass is 15.0. The van der Waals surface area contributed by atoms with Gasteiger partial charge in [-0.05, 0) is 25.5 Å². The van der Waals surface area contributed by atoms with Crippen LogP contribution in [0.5, 0.6) is 0 Å². The summed E-state index contributed by atoms with van der Waals surface area (Å²) < 4.78 is 0. The molecule has 0 spiro atoms. The first-order chi connectivity index (χ1) is 5.34. The van der Waals surface area contributed by atoms with E-state index in [4.69, 9.17) is 5.73 Å². The Hall–Kier alpha value is -0.830. The molecule has 1 rings (SSSR count). The zero-order valence-corrected chi connectivity index (χ0v) is 6.88. The lowest BCUT2D eigenvalue weighted by molar-refractivity contribution is 0.683. The number of nitrogens with two attached hydrogens (primary N) is 1. The molecule has 3 N–H and O–H groups in total. The molecule has 1 heterocycles. The van der Waals surface area contributed by atoms with Crippen molar-refractivity contribution in [2.75, 3.05) is 13.6 Å². The minimum Gasteiger partial charge on any atom is -0.401 e. The van der Waals surface area contributed by atoms with Crippen LogP contribution in [0.4, 0.5) is 0 Å². The first-order valence-corrected chi connectivity index (χ1v) is 3.96. The smallest absolute Gasteiger partial charge is 0.0468 e. The summed E-state index contributed by atoms with van der Waals surface area (Å²) in [5.41, 5.74) is 6.67. The summed E-state index contributed by atoms with van der Waals surface area (Å²) in [6.45, 7) is 1.09. The van der Waals surface area contributed by atoms with Gasteiger partial charge in [0, 0.05) is 25.0 Å². The van der Waals surface area contributed by atoms with E-state index in [9.17, 15) is 0 Å². The number of nitrogens with one attached hydrogen (secondary N) is 1. The van der Waals surface area contributed by atoms with Gasteiger partial charge in [-0.2, -0.15) is 0 Å². The first-order valence-electron chi connectivity index (χ1n) is 3.96. The summed E-state index contributed by atoms with van der Waals surface area (Å²) in [7, 11) is 1.74. The second-order valence-electron chi connectivity index (χ2n) is 2.72. The third kappa shape index (κ3) is 2.35. The van der Waals surface area contributed by atoms with Crippen molar-refractivity contribution >= 4 is 6.21 Å². The normalized spacial score (nSPS) is 26.6. The van der Waals surface area contributed by atoms with Crippen molar-refractivity contribution in [3.8, 4) is 0 Å². The van der Waals surface area contributed by atoms with E-state index in [1.165, 1.54) is 6.42 Å². The summed E-state index contributed by atoms with van der Waals surface area (Å²) in [4.78, 5) is 3.84. The van der Waals surface area contributed by atoms with Gasteiger partial charge in [-0.25, -0.2) is 0 Å². The van der Waals surface area contributed by atoms with Crippen molar-refractivity contribution in [3.05, 3.63) is 11.8 Å². The summed E-state index contributed by atoms with van der Waals surface area (Å²) in [6, 6.07) is 0.382. The van der Waals surface area contributed by atoms with Gasteiger partial charge in [0.05, 0.1) is 0 Å². The van der Waals surface area contributed by atoms with Crippen molar-refractivity contribution in [2.45, 2.75) is 18.9 Å². The fourth-order valence-electron chi connectivity index (χ4n) is 1.25. The van der Waals surface area contributed by atoms with Gasteiger partial charge in [0.1, 0.15) is 0 Å². The molecule has 0 amide bonds. The van der Waals surface area contributed by atoms with E-state index in [0.717, 1.165) is 18.7 Å². The number of hydrogen-bond acceptors (Lipinski definition) is 3. The lowest BCUT2D eigenvalue weighted by Gasteiger charge is -2.08. The predicted octanol–water partition coefficient (Wildman–Crippen LogP) is 0.282. The van der Waals surface area contributed by atoms with Crippen molar-refractivity contribution in [1.82, 2.24) is 5.32 Å². The molecule has 3 heteroatoms. The topological polar surface area (TPSA) is 50.4 Å². The maximum Gasteiger partial charge on any atom is 0.0468 e. The molecule has 62 valence electrons. The summed E-state index contributed by atoms with van der Waals surface area (Å²) in [5, 5.41) is 3.31. The zero-order chi connectivity index (χ0) is 8.10. The van der Waals surface area contributed by atoms with E-state index >= 15 is 0 Å². The Morgan fingerprint density at radius 1 is 1.73 bits per heavy atom. The molecule has 0 bridgehead atoms. The van der Waals surface area contributed by atoms with Gasteiger partial charge < -0.3 is 11.1 Å². The number of nitrogens with zero attached hydrogens (tertiary/aromatic N) is 1. The minimum atomic E-state index is 0.382. The molecule has 0 saturated carbocycles. The van der Waals surface area contributed by atoms with Crippen LogP contribution in [0.3, 0.4) is 0 Å². The fourth-order valence-corrected chi connectivity index (χ4v) is 1.25. The number of hydrogen-bond donors (Lipinski definition) is 2. The van der Waals surface area contributed by atoms with Crippen molar-refractivity contribution in [1.29, 1.82) is 0 Å². The maximum atomic E-state index is 5.77. The van der Waals surface area contributed by atoms with Crippen LogP contribution in [0, 0.1) is 0 Å². The first kappa shape index (κ1) is 8.27. The average Bonchev–Trinajstić information content (AvgIpc) is 2.52. The molecule has 1 saturated heterocycles. The highest BCUT2D eigenvalue weighted by molar-refractivity contribution is 5.72. The fraction of sp³-hybridized carbons (Fsp3) is 0.625. The molecule has 0 unspecified atom stereocenters. The van der Waals surface area contributed by atoms with Gasteiger partial charge in [0.15, 0.2) is 0 Å². The quantitative estimate of drug-likeness (QED) is 0.560. The van der Waals surface area contributed by atoms with Gasteiger partial charge in [-0.1, -0.05) is 0 Å². The second kappa shape index (κ2) is 4.13. The van der Waals surface area contributed by atoms with Gasteiger partial charge in [-0.3, -0.25) is 4.99 Å². The van der Waals surface area contributed by atoms with Gasteiger partial charge >= 0.3 is 0 Å². The molecule has 0 aromatic rings. The molecule has 3 nitrogen and oxygen atoms in total. The third-order valence-electron chi connectivity index (χ3n) is 1.88. The van der Waals surface area contributed by atoms with Gasteiger partial charge in [-0.15, -0.1) is 0 Å². The Labute approximate surface area is 67.4 Å². The van der Waals surface area contributed by atoms with Gasteiger partial charge in [0.25, 0.3) is 0 Å². The van der Waals surface area contributed by atoms with E-state index in [1.807, 2.05) is 6.08 Å².